The number of nitrogens with one attached hydrogen (secondary N) is 1. The van der Waals surface area contributed by atoms with Crippen LogP contribution in [0.5, 0.6) is 0 Å². The maximum absolute atomic E-state index is 11.7. The van der Waals surface area contributed by atoms with Gasteiger partial charge in [0.15, 0.2) is 0 Å². The second kappa shape index (κ2) is 7.28. The predicted octanol–water partition coefficient (Wildman–Crippen LogP) is 2.10. The van der Waals surface area contributed by atoms with Crippen LogP contribution in [0, 0.1) is 0 Å². The number of hydrogen-bond acceptors (Lipinski definition) is 3. The second-order valence-electron chi connectivity index (χ2n) is 3.71. The zero-order valence-electron chi connectivity index (χ0n) is 10.3. The van der Waals surface area contributed by atoms with Crippen molar-refractivity contribution in [3.05, 3.63) is 29.3 Å². The summed E-state index contributed by atoms with van der Waals surface area (Å²) in [4.78, 5) is 24.6. The van der Waals surface area contributed by atoms with Crippen molar-refractivity contribution in [3.8, 4) is 0 Å². The Morgan fingerprint density at radius 2 is 2.06 bits per heavy atom. The number of halogens is 1. The van der Waals surface area contributed by atoms with Crippen LogP contribution in [0.4, 0.5) is 5.69 Å². The number of hydrogen-bond donors (Lipinski definition) is 1. The molecule has 1 N–H and O–H groups in total. The van der Waals surface area contributed by atoms with E-state index in [-0.39, 0.29) is 18.4 Å². The highest BCUT2D eigenvalue weighted by atomic mass is 35.5. The molecule has 0 unspecified atom stereocenters. The maximum atomic E-state index is 11.7. The van der Waals surface area contributed by atoms with Gasteiger partial charge in [-0.3, -0.25) is 9.59 Å². The van der Waals surface area contributed by atoms with E-state index in [4.69, 9.17) is 11.6 Å². The number of nitrogens with zero attached hydrogens (tertiary/aromatic N) is 1. The first-order valence-corrected chi connectivity index (χ1v) is 7.09. The molecule has 1 rings (SSSR count). The van der Waals surface area contributed by atoms with Crippen LogP contribution >= 0.6 is 23.4 Å². The Bertz CT molecular complexity index is 440. The van der Waals surface area contributed by atoms with E-state index >= 15 is 0 Å². The van der Waals surface area contributed by atoms with Crippen molar-refractivity contribution < 1.29 is 9.59 Å². The molecular formula is C12H15ClN2O2S. The van der Waals surface area contributed by atoms with Crippen LogP contribution in [0.25, 0.3) is 0 Å². The average molecular weight is 287 g/mol. The molecule has 0 saturated heterocycles. The molecule has 0 aliphatic carbocycles. The van der Waals surface area contributed by atoms with E-state index in [2.05, 4.69) is 5.32 Å². The van der Waals surface area contributed by atoms with Gasteiger partial charge in [-0.25, -0.2) is 0 Å². The Morgan fingerprint density at radius 3 is 2.67 bits per heavy atom. The molecule has 0 fully saturated rings. The number of benzene rings is 1. The summed E-state index contributed by atoms with van der Waals surface area (Å²) >= 11 is 7.35. The fourth-order valence-corrected chi connectivity index (χ4v) is 1.94. The van der Waals surface area contributed by atoms with E-state index in [0.717, 1.165) is 0 Å². The van der Waals surface area contributed by atoms with Gasteiger partial charge in [0.05, 0.1) is 23.0 Å². The molecule has 98 valence electrons. The second-order valence-corrected chi connectivity index (χ2v) is 4.98. The molecule has 2 amide bonds. The van der Waals surface area contributed by atoms with Gasteiger partial charge >= 0.3 is 0 Å². The molecule has 1 aromatic rings. The van der Waals surface area contributed by atoms with Crippen LogP contribution in [0.3, 0.4) is 0 Å². The summed E-state index contributed by atoms with van der Waals surface area (Å²) in [7, 11) is 1.60. The van der Waals surface area contributed by atoms with E-state index in [1.807, 2.05) is 6.26 Å². The van der Waals surface area contributed by atoms with E-state index in [1.54, 1.807) is 31.3 Å². The lowest BCUT2D eigenvalue weighted by molar-refractivity contribution is -0.131. The molecule has 0 radical (unpaired) electrons. The Labute approximate surface area is 116 Å². The number of anilines is 1. The number of carbonyl (C=O) groups is 2. The van der Waals surface area contributed by atoms with Crippen LogP contribution in [0.15, 0.2) is 24.3 Å². The molecule has 0 aliphatic rings. The molecule has 0 saturated carbocycles. The molecule has 0 atom stereocenters. The lowest BCUT2D eigenvalue weighted by Crippen LogP contribution is -2.35. The Kier molecular flexibility index (Phi) is 6.01. The minimum atomic E-state index is -0.264. The number of likely N-dealkylation sites (N-methyl/N-ethyl adjacent to an activating group) is 1. The van der Waals surface area contributed by atoms with Crippen LogP contribution in [0.1, 0.15) is 0 Å². The quantitative estimate of drug-likeness (QED) is 0.902. The minimum absolute atomic E-state index is 0.0185. The molecule has 6 heteroatoms. The predicted molar refractivity (Wildman–Crippen MR) is 76.1 cm³/mol. The van der Waals surface area contributed by atoms with Crippen molar-refractivity contribution in [1.82, 2.24) is 4.90 Å². The lowest BCUT2D eigenvalue weighted by atomic mass is 10.3. The molecule has 4 nitrogen and oxygen atoms in total. The van der Waals surface area contributed by atoms with Crippen molar-refractivity contribution in [2.24, 2.45) is 0 Å². The first kappa shape index (κ1) is 14.9. The molecule has 18 heavy (non-hydrogen) atoms. The van der Waals surface area contributed by atoms with Crippen molar-refractivity contribution in [1.29, 1.82) is 0 Å². The summed E-state index contributed by atoms with van der Waals surface area (Å²) in [5.74, 6) is 0.0347. The van der Waals surface area contributed by atoms with Gasteiger partial charge in [-0.05, 0) is 18.4 Å². The molecular weight excluding hydrogens is 272 g/mol. The summed E-state index contributed by atoms with van der Waals surface area (Å²) < 4.78 is 0. The summed E-state index contributed by atoms with van der Waals surface area (Å²) in [5.41, 5.74) is 0.551. The smallest absolute Gasteiger partial charge is 0.244 e. The summed E-state index contributed by atoms with van der Waals surface area (Å²) in [6.07, 6.45) is 1.84. The van der Waals surface area contributed by atoms with Crippen molar-refractivity contribution in [2.75, 3.05) is 30.9 Å². The van der Waals surface area contributed by atoms with Crippen LogP contribution in [-0.2, 0) is 9.59 Å². The van der Waals surface area contributed by atoms with Gasteiger partial charge in [-0.1, -0.05) is 23.7 Å². The average Bonchev–Trinajstić information content (AvgIpc) is 2.32. The fourth-order valence-electron chi connectivity index (χ4n) is 1.29. The molecule has 0 heterocycles. The number of amides is 2. The number of thioether (sulfide) groups is 1. The van der Waals surface area contributed by atoms with E-state index in [1.165, 1.54) is 16.7 Å². The Balaban J connectivity index is 2.52. The lowest BCUT2D eigenvalue weighted by Gasteiger charge is -2.16. The zero-order valence-corrected chi connectivity index (χ0v) is 11.8. The SMILES string of the molecule is CSCC(=O)N(C)CC(=O)Nc1ccccc1Cl. The molecule has 0 bridgehead atoms. The maximum Gasteiger partial charge on any atom is 0.244 e. The van der Waals surface area contributed by atoms with Gasteiger partial charge in [0.25, 0.3) is 0 Å². The third-order valence-corrected chi connectivity index (χ3v) is 3.09. The standard InChI is InChI=1S/C12H15ClN2O2S/c1-15(12(17)8-18-2)7-11(16)14-10-6-4-3-5-9(10)13/h3-6H,7-8H2,1-2H3,(H,14,16). The zero-order chi connectivity index (χ0) is 13.5. The minimum Gasteiger partial charge on any atom is -0.336 e. The molecule has 0 aromatic heterocycles. The topological polar surface area (TPSA) is 49.4 Å². The van der Waals surface area contributed by atoms with Gasteiger partial charge in [0, 0.05) is 7.05 Å². The van der Waals surface area contributed by atoms with Crippen LogP contribution in [0.2, 0.25) is 5.02 Å². The summed E-state index contributed by atoms with van der Waals surface area (Å²) in [5, 5.41) is 3.14. The first-order chi connectivity index (χ1) is 8.54. The normalized spacial score (nSPS) is 9.94. The third-order valence-electron chi connectivity index (χ3n) is 2.22. The largest absolute Gasteiger partial charge is 0.336 e. The number of carbonyl (C=O) groups excluding carboxylic acids is 2. The molecule has 0 aliphatic heterocycles. The van der Waals surface area contributed by atoms with Crippen molar-refractivity contribution in [3.63, 3.8) is 0 Å². The van der Waals surface area contributed by atoms with Gasteiger partial charge in [0.2, 0.25) is 11.8 Å². The Morgan fingerprint density at radius 1 is 1.39 bits per heavy atom. The fraction of sp³-hybridized carbons (Fsp3) is 0.333. The van der Waals surface area contributed by atoms with Gasteiger partial charge in [-0.15, -0.1) is 0 Å². The highest BCUT2D eigenvalue weighted by Gasteiger charge is 2.12. The van der Waals surface area contributed by atoms with E-state index < -0.39 is 0 Å². The van der Waals surface area contributed by atoms with Crippen LogP contribution < -0.4 is 5.32 Å². The van der Waals surface area contributed by atoms with E-state index in [0.29, 0.717) is 16.5 Å². The van der Waals surface area contributed by atoms with Crippen molar-refractivity contribution >= 4 is 40.9 Å². The number of rotatable bonds is 5. The highest BCUT2D eigenvalue weighted by molar-refractivity contribution is 7.99. The molecule has 1 aromatic carbocycles. The number of para-hydroxylation sites is 1. The highest BCUT2D eigenvalue weighted by Crippen LogP contribution is 2.20. The summed E-state index contributed by atoms with van der Waals surface area (Å²) in [6, 6.07) is 6.97. The molecule has 0 spiro atoms. The van der Waals surface area contributed by atoms with Gasteiger partial charge in [-0.2, -0.15) is 11.8 Å². The van der Waals surface area contributed by atoms with Gasteiger partial charge < -0.3 is 10.2 Å². The van der Waals surface area contributed by atoms with E-state index in [9.17, 15) is 9.59 Å². The third kappa shape index (κ3) is 4.58. The summed E-state index contributed by atoms with van der Waals surface area (Å²) in [6.45, 7) is 0.0185. The first-order valence-electron chi connectivity index (χ1n) is 5.32. The van der Waals surface area contributed by atoms with Crippen molar-refractivity contribution in [2.45, 2.75) is 0 Å². The monoisotopic (exact) mass is 286 g/mol. The Hall–Kier alpha value is -1.20. The van der Waals surface area contributed by atoms with Crippen LogP contribution in [-0.4, -0.2) is 42.3 Å². The van der Waals surface area contributed by atoms with Gasteiger partial charge in [0.1, 0.15) is 0 Å².